The fraction of sp³-hybridized carbons (Fsp3) is 0.571. The van der Waals surface area contributed by atoms with Gasteiger partial charge in [0.05, 0.1) is 0 Å². The molecule has 2 atom stereocenters. The summed E-state index contributed by atoms with van der Waals surface area (Å²) in [7, 11) is 2.28. The van der Waals surface area contributed by atoms with Gasteiger partial charge in [-0.05, 0) is 49.4 Å². The van der Waals surface area contributed by atoms with Crippen molar-refractivity contribution in [2.75, 3.05) is 13.6 Å². The van der Waals surface area contributed by atoms with E-state index in [2.05, 4.69) is 43.1 Å². The number of likely N-dealkylation sites (tertiary alicyclic amines) is 1. The Bertz CT molecular complexity index is 390. The Hall–Kier alpha value is -0.530. The van der Waals surface area contributed by atoms with Crippen LogP contribution in [0.2, 0.25) is 0 Å². The molecule has 1 aliphatic carbocycles. The lowest BCUT2D eigenvalue weighted by Gasteiger charge is -2.48. The van der Waals surface area contributed by atoms with E-state index in [9.17, 15) is 0 Å². The summed E-state index contributed by atoms with van der Waals surface area (Å²) in [4.78, 5) is 2.54. The monoisotopic (exact) mass is 237 g/mol. The zero-order valence-corrected chi connectivity index (χ0v) is 10.9. The molecule has 0 radical (unpaired) electrons. The maximum Gasteiger partial charge on any atom is 0.0141 e. The van der Waals surface area contributed by atoms with Crippen LogP contribution in [0.15, 0.2) is 24.3 Å². The normalized spacial score (nSPS) is 32.8. The number of fused-ring (bicyclic) bond motifs is 4. The van der Waals surface area contributed by atoms with Gasteiger partial charge in [0, 0.05) is 6.04 Å². The van der Waals surface area contributed by atoms with Crippen molar-refractivity contribution in [3.63, 3.8) is 0 Å². The zero-order chi connectivity index (χ0) is 10.5. The summed E-state index contributed by atoms with van der Waals surface area (Å²) in [6.07, 6.45) is 3.92. The Labute approximate surface area is 104 Å². The summed E-state index contributed by atoms with van der Waals surface area (Å²) in [6, 6.07) is 9.82. The largest absolute Gasteiger partial charge is 0.303 e. The Kier molecular flexibility index (Phi) is 3.02. The predicted molar refractivity (Wildman–Crippen MR) is 70.4 cm³/mol. The molecule has 1 saturated heterocycles. The molecule has 1 fully saturated rings. The van der Waals surface area contributed by atoms with Crippen LogP contribution < -0.4 is 0 Å². The van der Waals surface area contributed by atoms with E-state index >= 15 is 0 Å². The lowest BCUT2D eigenvalue weighted by molar-refractivity contribution is 0.113. The molecule has 1 aromatic rings. The predicted octanol–water partition coefficient (Wildman–Crippen LogP) is 3.02. The molecular weight excluding hydrogens is 218 g/mol. The third kappa shape index (κ3) is 1.66. The summed E-state index contributed by atoms with van der Waals surface area (Å²) < 4.78 is 0. The van der Waals surface area contributed by atoms with Gasteiger partial charge in [-0.3, -0.25) is 0 Å². The molecule has 0 aromatic heterocycles. The first-order valence-corrected chi connectivity index (χ1v) is 5.98. The standard InChI is InChI=1S/C14H19N.ClH/c1-14-7-8-15(2)12(10-14)9-11-5-3-4-6-13(11)14;/h3-6,12H,7-10H2,1-2H3;1H. The van der Waals surface area contributed by atoms with E-state index in [1.165, 1.54) is 25.8 Å². The van der Waals surface area contributed by atoms with Gasteiger partial charge in [-0.25, -0.2) is 0 Å². The smallest absolute Gasteiger partial charge is 0.0141 e. The highest BCUT2D eigenvalue weighted by atomic mass is 35.5. The molecule has 0 spiro atoms. The van der Waals surface area contributed by atoms with Crippen molar-refractivity contribution in [3.05, 3.63) is 35.4 Å². The van der Waals surface area contributed by atoms with Crippen LogP contribution in [-0.2, 0) is 11.8 Å². The molecule has 3 rings (SSSR count). The number of hydrogen-bond donors (Lipinski definition) is 0. The molecule has 1 aromatic carbocycles. The number of benzene rings is 1. The summed E-state index contributed by atoms with van der Waals surface area (Å²) in [6.45, 7) is 3.71. The van der Waals surface area contributed by atoms with Gasteiger partial charge >= 0.3 is 0 Å². The number of halogens is 1. The van der Waals surface area contributed by atoms with Crippen LogP contribution in [0, 0.1) is 0 Å². The van der Waals surface area contributed by atoms with Crippen LogP contribution in [0.4, 0.5) is 0 Å². The minimum Gasteiger partial charge on any atom is -0.303 e. The number of piperidine rings is 1. The number of likely N-dealkylation sites (N-methyl/N-ethyl adjacent to an activating group) is 1. The Morgan fingerprint density at radius 3 is 2.88 bits per heavy atom. The molecule has 2 bridgehead atoms. The van der Waals surface area contributed by atoms with E-state index in [0.29, 0.717) is 5.41 Å². The number of hydrogen-bond acceptors (Lipinski definition) is 1. The molecule has 2 aliphatic rings. The van der Waals surface area contributed by atoms with Gasteiger partial charge < -0.3 is 4.90 Å². The molecule has 88 valence electrons. The minimum atomic E-state index is 0. The second-order valence-corrected chi connectivity index (χ2v) is 5.51. The van der Waals surface area contributed by atoms with Gasteiger partial charge in [-0.15, -0.1) is 12.4 Å². The second kappa shape index (κ2) is 4.05. The molecule has 1 heterocycles. The second-order valence-electron chi connectivity index (χ2n) is 5.51. The van der Waals surface area contributed by atoms with Crippen LogP contribution in [0.3, 0.4) is 0 Å². The average molecular weight is 238 g/mol. The third-order valence-corrected chi connectivity index (χ3v) is 4.45. The first-order valence-electron chi connectivity index (χ1n) is 5.98. The fourth-order valence-electron chi connectivity index (χ4n) is 3.40. The van der Waals surface area contributed by atoms with Crippen molar-refractivity contribution < 1.29 is 0 Å². The van der Waals surface area contributed by atoms with E-state index in [1.807, 2.05) is 0 Å². The van der Waals surface area contributed by atoms with Crippen molar-refractivity contribution >= 4 is 12.4 Å². The van der Waals surface area contributed by atoms with Gasteiger partial charge in [0.25, 0.3) is 0 Å². The zero-order valence-electron chi connectivity index (χ0n) is 10.1. The summed E-state index contributed by atoms with van der Waals surface area (Å²) in [5.41, 5.74) is 3.66. The molecule has 16 heavy (non-hydrogen) atoms. The molecule has 2 unspecified atom stereocenters. The van der Waals surface area contributed by atoms with E-state index in [-0.39, 0.29) is 12.4 Å². The van der Waals surface area contributed by atoms with Gasteiger partial charge in [0.2, 0.25) is 0 Å². The highest BCUT2D eigenvalue weighted by Crippen LogP contribution is 2.43. The average Bonchev–Trinajstić information content (AvgIpc) is 2.25. The van der Waals surface area contributed by atoms with Gasteiger partial charge in [-0.1, -0.05) is 31.2 Å². The molecule has 0 N–H and O–H groups in total. The first kappa shape index (κ1) is 11.9. The quantitative estimate of drug-likeness (QED) is 0.671. The molecule has 1 nitrogen and oxygen atoms in total. The fourth-order valence-corrected chi connectivity index (χ4v) is 3.40. The maximum atomic E-state index is 2.54. The SMILES string of the molecule is CN1CCC2(C)CC1Cc1ccccc12.Cl. The lowest BCUT2D eigenvalue weighted by atomic mass is 9.65. The topological polar surface area (TPSA) is 3.24 Å². The number of nitrogens with zero attached hydrogens (tertiary/aromatic N) is 1. The van der Waals surface area contributed by atoms with Gasteiger partial charge in [0.15, 0.2) is 0 Å². The number of rotatable bonds is 0. The Morgan fingerprint density at radius 2 is 2.06 bits per heavy atom. The van der Waals surface area contributed by atoms with Crippen LogP contribution in [0.5, 0.6) is 0 Å². The molecule has 1 aliphatic heterocycles. The summed E-state index contributed by atoms with van der Waals surface area (Å²) in [5, 5.41) is 0. The maximum absolute atomic E-state index is 2.54. The van der Waals surface area contributed by atoms with Gasteiger partial charge in [-0.2, -0.15) is 0 Å². The summed E-state index contributed by atoms with van der Waals surface area (Å²) >= 11 is 0. The van der Waals surface area contributed by atoms with Crippen LogP contribution >= 0.6 is 12.4 Å². The highest BCUT2D eigenvalue weighted by molar-refractivity contribution is 5.85. The minimum absolute atomic E-state index is 0. The van der Waals surface area contributed by atoms with Crippen LogP contribution in [0.25, 0.3) is 0 Å². The Morgan fingerprint density at radius 1 is 1.31 bits per heavy atom. The van der Waals surface area contributed by atoms with Crippen molar-refractivity contribution in [3.8, 4) is 0 Å². The van der Waals surface area contributed by atoms with Crippen molar-refractivity contribution in [2.45, 2.75) is 37.6 Å². The highest BCUT2D eigenvalue weighted by Gasteiger charge is 2.41. The van der Waals surface area contributed by atoms with Crippen molar-refractivity contribution in [1.29, 1.82) is 0 Å². The van der Waals surface area contributed by atoms with Crippen molar-refractivity contribution in [2.24, 2.45) is 0 Å². The van der Waals surface area contributed by atoms with E-state index in [0.717, 1.165) is 6.04 Å². The Balaban J connectivity index is 0.000000963. The van der Waals surface area contributed by atoms with Gasteiger partial charge in [0.1, 0.15) is 0 Å². The molecular formula is C14H20ClN. The molecule has 0 amide bonds. The molecule has 2 heteroatoms. The van der Waals surface area contributed by atoms with E-state index in [4.69, 9.17) is 0 Å². The van der Waals surface area contributed by atoms with Crippen LogP contribution in [-0.4, -0.2) is 24.5 Å². The van der Waals surface area contributed by atoms with E-state index < -0.39 is 0 Å². The van der Waals surface area contributed by atoms with Crippen molar-refractivity contribution in [1.82, 2.24) is 4.90 Å². The van der Waals surface area contributed by atoms with Crippen LogP contribution in [0.1, 0.15) is 30.9 Å². The lowest BCUT2D eigenvalue weighted by Crippen LogP contribution is -2.50. The first-order chi connectivity index (χ1) is 7.19. The van der Waals surface area contributed by atoms with E-state index in [1.54, 1.807) is 11.1 Å². The third-order valence-electron chi connectivity index (χ3n) is 4.45. The summed E-state index contributed by atoms with van der Waals surface area (Å²) in [5.74, 6) is 0. The molecule has 0 saturated carbocycles.